The molecule has 1 heterocycles. The molecule has 6 heteroatoms. The molecule has 0 aromatic carbocycles. The van der Waals surface area contributed by atoms with Crippen LogP contribution in [0.1, 0.15) is 39.0 Å². The van der Waals surface area contributed by atoms with Crippen molar-refractivity contribution in [3.63, 3.8) is 0 Å². The smallest absolute Gasteiger partial charge is 0.410 e. The van der Waals surface area contributed by atoms with Gasteiger partial charge in [0.05, 0.1) is 5.69 Å². The van der Waals surface area contributed by atoms with Crippen LogP contribution in [0.5, 0.6) is 0 Å². The second-order valence-corrected chi connectivity index (χ2v) is 6.15. The second-order valence-electron chi connectivity index (χ2n) is 6.15. The lowest BCUT2D eigenvalue weighted by Crippen LogP contribution is -2.40. The van der Waals surface area contributed by atoms with Crippen molar-refractivity contribution in [1.29, 1.82) is 0 Å². The highest BCUT2D eigenvalue weighted by atomic mass is 16.6. The molecule has 0 spiro atoms. The Morgan fingerprint density at radius 3 is 2.62 bits per heavy atom. The molecule has 0 aliphatic rings. The Kier molecular flexibility index (Phi) is 6.20. The van der Waals surface area contributed by atoms with Gasteiger partial charge in [-0.3, -0.25) is 4.68 Å². The third kappa shape index (κ3) is 6.16. The highest BCUT2D eigenvalue weighted by Crippen LogP contribution is 2.09. The van der Waals surface area contributed by atoms with E-state index in [-0.39, 0.29) is 6.09 Å². The van der Waals surface area contributed by atoms with Gasteiger partial charge in [0.2, 0.25) is 0 Å². The van der Waals surface area contributed by atoms with E-state index in [1.807, 2.05) is 52.5 Å². The fourth-order valence-electron chi connectivity index (χ4n) is 1.96. The van der Waals surface area contributed by atoms with Crippen LogP contribution in [0, 0.1) is 6.92 Å². The number of aryl methyl sites for hydroxylation is 2. The summed E-state index contributed by atoms with van der Waals surface area (Å²) in [5.41, 5.74) is 1.76. The molecule has 0 saturated carbocycles. The maximum Gasteiger partial charge on any atom is 0.410 e. The topological polar surface area (TPSA) is 59.4 Å². The standard InChI is InChI=1S/C15H28N4O2/c1-7-19(14(20)21-15(3,4)5)9-8-16-10-13-11-18(6)17-12(13)2/h11,16H,7-10H2,1-6H3. The first-order valence-electron chi connectivity index (χ1n) is 7.40. The van der Waals surface area contributed by atoms with Gasteiger partial charge < -0.3 is 15.0 Å². The van der Waals surface area contributed by atoms with E-state index < -0.39 is 5.60 Å². The molecule has 0 aliphatic heterocycles. The van der Waals surface area contributed by atoms with Crippen LogP contribution in [0.2, 0.25) is 0 Å². The summed E-state index contributed by atoms with van der Waals surface area (Å²) in [6.45, 7) is 12.3. The van der Waals surface area contributed by atoms with Crippen molar-refractivity contribution in [3.05, 3.63) is 17.5 Å². The van der Waals surface area contributed by atoms with Crippen LogP contribution in [-0.4, -0.2) is 46.0 Å². The zero-order valence-electron chi connectivity index (χ0n) is 14.1. The van der Waals surface area contributed by atoms with Crippen LogP contribution in [0.3, 0.4) is 0 Å². The SMILES string of the molecule is CCN(CCNCc1cn(C)nc1C)C(=O)OC(C)(C)C. The van der Waals surface area contributed by atoms with Crippen molar-refractivity contribution in [3.8, 4) is 0 Å². The van der Waals surface area contributed by atoms with Gasteiger partial charge >= 0.3 is 6.09 Å². The van der Waals surface area contributed by atoms with E-state index >= 15 is 0 Å². The first-order chi connectivity index (χ1) is 9.73. The number of rotatable bonds is 6. The van der Waals surface area contributed by atoms with Crippen LogP contribution in [-0.2, 0) is 18.3 Å². The minimum absolute atomic E-state index is 0.260. The van der Waals surface area contributed by atoms with E-state index in [1.165, 1.54) is 5.56 Å². The average Bonchev–Trinajstić information content (AvgIpc) is 2.65. The van der Waals surface area contributed by atoms with Gasteiger partial charge in [0.25, 0.3) is 0 Å². The predicted molar refractivity (Wildman–Crippen MR) is 83.1 cm³/mol. The van der Waals surface area contributed by atoms with Crippen molar-refractivity contribution in [1.82, 2.24) is 20.0 Å². The first kappa shape index (κ1) is 17.5. The van der Waals surface area contributed by atoms with Crippen molar-refractivity contribution in [2.45, 2.75) is 46.8 Å². The number of carbonyl (C=O) groups is 1. The number of amides is 1. The number of aromatic nitrogens is 2. The molecule has 0 radical (unpaired) electrons. The van der Waals surface area contributed by atoms with Gasteiger partial charge in [-0.15, -0.1) is 0 Å². The average molecular weight is 296 g/mol. The maximum atomic E-state index is 12.0. The van der Waals surface area contributed by atoms with Crippen molar-refractivity contribution < 1.29 is 9.53 Å². The molecule has 0 bridgehead atoms. The molecule has 0 aliphatic carbocycles. The van der Waals surface area contributed by atoms with Gasteiger partial charge in [0, 0.05) is 45.0 Å². The van der Waals surface area contributed by atoms with Gasteiger partial charge in [-0.1, -0.05) is 0 Å². The Morgan fingerprint density at radius 2 is 2.14 bits per heavy atom. The fraction of sp³-hybridized carbons (Fsp3) is 0.733. The monoisotopic (exact) mass is 296 g/mol. The van der Waals surface area contributed by atoms with Crippen LogP contribution < -0.4 is 5.32 Å². The molecule has 1 amide bonds. The molecule has 21 heavy (non-hydrogen) atoms. The summed E-state index contributed by atoms with van der Waals surface area (Å²) in [6.07, 6.45) is 1.75. The molecule has 6 nitrogen and oxygen atoms in total. The molecule has 0 fully saturated rings. The molecule has 0 unspecified atom stereocenters. The van der Waals surface area contributed by atoms with Gasteiger partial charge in [-0.2, -0.15) is 5.10 Å². The Morgan fingerprint density at radius 1 is 1.48 bits per heavy atom. The van der Waals surface area contributed by atoms with Crippen LogP contribution in [0.4, 0.5) is 4.79 Å². The van der Waals surface area contributed by atoms with Gasteiger partial charge in [-0.25, -0.2) is 4.79 Å². The highest BCUT2D eigenvalue weighted by Gasteiger charge is 2.20. The molecule has 0 atom stereocenters. The zero-order valence-corrected chi connectivity index (χ0v) is 14.1. The lowest BCUT2D eigenvalue weighted by Gasteiger charge is -2.26. The summed E-state index contributed by atoms with van der Waals surface area (Å²) in [5, 5.41) is 7.64. The highest BCUT2D eigenvalue weighted by molar-refractivity contribution is 5.68. The van der Waals surface area contributed by atoms with E-state index in [2.05, 4.69) is 10.4 Å². The quantitative estimate of drug-likeness (QED) is 0.817. The Bertz CT molecular complexity index is 463. The minimum atomic E-state index is -0.454. The molecular weight excluding hydrogens is 268 g/mol. The van der Waals surface area contributed by atoms with Crippen molar-refractivity contribution >= 4 is 6.09 Å². The maximum absolute atomic E-state index is 12.0. The minimum Gasteiger partial charge on any atom is -0.444 e. The number of hydrogen-bond acceptors (Lipinski definition) is 4. The van der Waals surface area contributed by atoms with Crippen LogP contribution >= 0.6 is 0 Å². The molecule has 1 rings (SSSR count). The van der Waals surface area contributed by atoms with Crippen molar-refractivity contribution in [2.75, 3.05) is 19.6 Å². The van der Waals surface area contributed by atoms with Crippen LogP contribution in [0.15, 0.2) is 6.20 Å². The van der Waals surface area contributed by atoms with E-state index in [9.17, 15) is 4.79 Å². The Labute approximate surface area is 127 Å². The summed E-state index contributed by atoms with van der Waals surface area (Å²) in [6, 6.07) is 0. The van der Waals surface area contributed by atoms with Gasteiger partial charge in [0.1, 0.15) is 5.60 Å². The Balaban J connectivity index is 2.35. The molecule has 1 aromatic heterocycles. The van der Waals surface area contributed by atoms with E-state index in [1.54, 1.807) is 4.90 Å². The summed E-state index contributed by atoms with van der Waals surface area (Å²) < 4.78 is 7.19. The summed E-state index contributed by atoms with van der Waals surface area (Å²) in [4.78, 5) is 13.7. The largest absolute Gasteiger partial charge is 0.444 e. The first-order valence-corrected chi connectivity index (χ1v) is 7.40. The number of carbonyl (C=O) groups excluding carboxylic acids is 1. The second kappa shape index (κ2) is 7.45. The Hall–Kier alpha value is -1.56. The fourth-order valence-corrected chi connectivity index (χ4v) is 1.96. The summed E-state index contributed by atoms with van der Waals surface area (Å²) in [5.74, 6) is 0. The molecule has 120 valence electrons. The van der Waals surface area contributed by atoms with Gasteiger partial charge in [-0.05, 0) is 34.6 Å². The number of nitrogens with zero attached hydrogens (tertiary/aromatic N) is 3. The predicted octanol–water partition coefficient (Wildman–Crippen LogP) is 2.08. The number of hydrogen-bond donors (Lipinski definition) is 1. The number of likely N-dealkylation sites (N-methyl/N-ethyl adjacent to an activating group) is 1. The van der Waals surface area contributed by atoms with Crippen LogP contribution in [0.25, 0.3) is 0 Å². The number of nitrogens with one attached hydrogen (secondary N) is 1. The summed E-state index contributed by atoms with van der Waals surface area (Å²) >= 11 is 0. The lowest BCUT2D eigenvalue weighted by molar-refractivity contribution is 0.0262. The third-order valence-electron chi connectivity index (χ3n) is 3.02. The molecule has 1 N–H and O–H groups in total. The number of ether oxygens (including phenoxy) is 1. The molecule has 0 saturated heterocycles. The summed E-state index contributed by atoms with van der Waals surface area (Å²) in [7, 11) is 1.91. The lowest BCUT2D eigenvalue weighted by atomic mass is 10.2. The van der Waals surface area contributed by atoms with E-state index in [0.717, 1.165) is 18.8 Å². The van der Waals surface area contributed by atoms with E-state index in [0.29, 0.717) is 13.1 Å². The normalized spacial score (nSPS) is 11.5. The molecule has 1 aromatic rings. The third-order valence-corrected chi connectivity index (χ3v) is 3.02. The van der Waals surface area contributed by atoms with Gasteiger partial charge in [0.15, 0.2) is 0 Å². The zero-order chi connectivity index (χ0) is 16.0. The van der Waals surface area contributed by atoms with Crippen molar-refractivity contribution in [2.24, 2.45) is 7.05 Å². The van der Waals surface area contributed by atoms with E-state index in [4.69, 9.17) is 4.74 Å². The molecular formula is C15H28N4O2.